The van der Waals surface area contributed by atoms with Crippen LogP contribution in [0.3, 0.4) is 0 Å². The third-order valence-electron chi connectivity index (χ3n) is 4.51. The molecule has 0 unspecified atom stereocenters. The maximum atomic E-state index is 12.1. The van der Waals surface area contributed by atoms with Crippen molar-refractivity contribution in [3.63, 3.8) is 0 Å². The third kappa shape index (κ3) is 3.77. The van der Waals surface area contributed by atoms with Crippen molar-refractivity contribution in [1.29, 1.82) is 0 Å². The number of aromatic carboxylic acids is 1. The van der Waals surface area contributed by atoms with E-state index in [-0.39, 0.29) is 11.7 Å². The zero-order valence-corrected chi connectivity index (χ0v) is 15.5. The maximum Gasteiger partial charge on any atom is 0.341 e. The van der Waals surface area contributed by atoms with E-state index in [0.717, 1.165) is 25.7 Å². The van der Waals surface area contributed by atoms with Gasteiger partial charge in [-0.05, 0) is 31.6 Å². The fourth-order valence-corrected chi connectivity index (χ4v) is 3.00. The summed E-state index contributed by atoms with van der Waals surface area (Å²) in [5, 5.41) is 13.9. The van der Waals surface area contributed by atoms with Crippen molar-refractivity contribution in [2.75, 3.05) is 0 Å². The summed E-state index contributed by atoms with van der Waals surface area (Å²) in [7, 11) is 0. The minimum Gasteiger partial charge on any atom is -0.477 e. The van der Waals surface area contributed by atoms with E-state index >= 15 is 0 Å². The van der Waals surface area contributed by atoms with Crippen molar-refractivity contribution in [2.24, 2.45) is 5.92 Å². The number of H-pyrrole nitrogens is 1. The quantitative estimate of drug-likeness (QED) is 0.766. The normalized spacial score (nSPS) is 14.5. The Kier molecular flexibility index (Phi) is 5.36. The van der Waals surface area contributed by atoms with Gasteiger partial charge in [0.25, 0.3) is 5.88 Å². The number of hydrogen-bond acceptors (Lipinski definition) is 4. The molecular weight excluding hydrogens is 358 g/mol. The van der Waals surface area contributed by atoms with Crippen molar-refractivity contribution in [3.8, 4) is 17.3 Å². The van der Waals surface area contributed by atoms with Gasteiger partial charge < -0.3 is 14.8 Å². The number of aryl methyl sites for hydroxylation is 1. The summed E-state index contributed by atoms with van der Waals surface area (Å²) in [5.41, 5.74) is 0.0600. The van der Waals surface area contributed by atoms with Gasteiger partial charge in [0.2, 0.25) is 0 Å². The van der Waals surface area contributed by atoms with Crippen LogP contribution in [0, 0.1) is 5.92 Å². The smallest absolute Gasteiger partial charge is 0.341 e. The molecule has 0 atom stereocenters. The van der Waals surface area contributed by atoms with Crippen molar-refractivity contribution >= 4 is 17.6 Å². The van der Waals surface area contributed by atoms with E-state index < -0.39 is 11.4 Å². The van der Waals surface area contributed by atoms with E-state index in [2.05, 4.69) is 23.9 Å². The molecule has 3 rings (SSSR count). The molecule has 0 spiro atoms. The number of ether oxygens (including phenoxy) is 1. The second-order valence-electron chi connectivity index (χ2n) is 6.97. The Balaban J connectivity index is 2.01. The largest absolute Gasteiger partial charge is 0.477 e. The molecule has 1 fully saturated rings. The van der Waals surface area contributed by atoms with Crippen LogP contribution in [-0.2, 0) is 6.54 Å². The Bertz CT molecular complexity index is 868. The van der Waals surface area contributed by atoms with E-state index in [1.807, 2.05) is 0 Å². The van der Waals surface area contributed by atoms with Gasteiger partial charge in [-0.2, -0.15) is 0 Å². The van der Waals surface area contributed by atoms with Gasteiger partial charge in [0.05, 0.1) is 5.69 Å². The van der Waals surface area contributed by atoms with E-state index in [9.17, 15) is 9.59 Å². The van der Waals surface area contributed by atoms with Gasteiger partial charge in [0.15, 0.2) is 5.43 Å². The van der Waals surface area contributed by atoms with Crippen molar-refractivity contribution < 1.29 is 14.6 Å². The molecule has 1 aliphatic rings. The number of aromatic nitrogens is 3. The summed E-state index contributed by atoms with van der Waals surface area (Å²) in [5.74, 6) is -0.445. The Morgan fingerprint density at radius 3 is 2.77 bits per heavy atom. The molecule has 2 N–H and O–H groups in total. The van der Waals surface area contributed by atoms with Crippen LogP contribution < -0.4 is 10.2 Å². The highest BCUT2D eigenvalue weighted by molar-refractivity contribution is 6.34. The van der Waals surface area contributed by atoms with Crippen LogP contribution in [0.25, 0.3) is 11.4 Å². The van der Waals surface area contributed by atoms with Gasteiger partial charge in [-0.3, -0.25) is 9.48 Å². The Hall–Kier alpha value is -2.28. The lowest BCUT2D eigenvalue weighted by Gasteiger charge is -2.25. The highest BCUT2D eigenvalue weighted by atomic mass is 35.5. The monoisotopic (exact) mass is 379 g/mol. The van der Waals surface area contributed by atoms with Crippen LogP contribution in [0.5, 0.6) is 5.88 Å². The molecule has 8 heteroatoms. The predicted molar refractivity (Wildman–Crippen MR) is 98.0 cm³/mol. The zero-order chi connectivity index (χ0) is 18.8. The van der Waals surface area contributed by atoms with Crippen LogP contribution in [-0.4, -0.2) is 31.9 Å². The molecular formula is C18H22ClN3O4. The van der Waals surface area contributed by atoms with Crippen LogP contribution in [0.4, 0.5) is 0 Å². The minimum atomic E-state index is -1.27. The Morgan fingerprint density at radius 1 is 1.50 bits per heavy atom. The molecule has 0 aliphatic heterocycles. The van der Waals surface area contributed by atoms with E-state index in [1.54, 1.807) is 4.68 Å². The molecule has 140 valence electrons. The first kappa shape index (κ1) is 18.5. The standard InChI is InChI=1S/C18H22ClN3O4/c1-10(2)6-7-22-16(13-8-14(23)12(9-20-13)18(24)25)15(19)17(21-22)26-11-4-3-5-11/h8-11H,3-7H2,1-2H3,(H,20,23)(H,24,25). The molecule has 0 bridgehead atoms. The number of nitrogens with one attached hydrogen (secondary N) is 1. The number of aromatic amines is 1. The van der Waals surface area contributed by atoms with Gasteiger partial charge in [0, 0.05) is 18.8 Å². The summed E-state index contributed by atoms with van der Waals surface area (Å²) in [6, 6.07) is 1.24. The number of halogens is 1. The lowest BCUT2D eigenvalue weighted by molar-refractivity contribution is 0.0695. The van der Waals surface area contributed by atoms with Gasteiger partial charge >= 0.3 is 5.97 Å². The van der Waals surface area contributed by atoms with E-state index in [4.69, 9.17) is 21.4 Å². The second kappa shape index (κ2) is 7.53. The number of carboxylic acid groups (broad SMARTS) is 1. The van der Waals surface area contributed by atoms with Gasteiger partial charge in [-0.15, -0.1) is 5.10 Å². The van der Waals surface area contributed by atoms with Gasteiger partial charge in [0.1, 0.15) is 22.4 Å². The van der Waals surface area contributed by atoms with Crippen LogP contribution in [0.2, 0.25) is 5.02 Å². The fraction of sp³-hybridized carbons (Fsp3) is 0.500. The summed E-state index contributed by atoms with van der Waals surface area (Å²) < 4.78 is 7.60. The van der Waals surface area contributed by atoms with Crippen LogP contribution in [0.15, 0.2) is 17.1 Å². The molecule has 0 radical (unpaired) electrons. The zero-order valence-electron chi connectivity index (χ0n) is 14.8. The molecule has 26 heavy (non-hydrogen) atoms. The van der Waals surface area contributed by atoms with E-state index in [1.165, 1.54) is 12.3 Å². The van der Waals surface area contributed by atoms with Crippen molar-refractivity contribution in [1.82, 2.24) is 14.8 Å². The van der Waals surface area contributed by atoms with Gasteiger partial charge in [-0.25, -0.2) is 4.79 Å². The topological polar surface area (TPSA) is 97.2 Å². The summed E-state index contributed by atoms with van der Waals surface area (Å²) in [6.45, 7) is 4.84. The molecule has 2 heterocycles. The first-order valence-electron chi connectivity index (χ1n) is 8.76. The van der Waals surface area contributed by atoms with Gasteiger partial charge in [-0.1, -0.05) is 25.4 Å². The molecule has 1 saturated carbocycles. The molecule has 0 amide bonds. The highest BCUT2D eigenvalue weighted by Crippen LogP contribution is 2.36. The molecule has 0 saturated heterocycles. The maximum absolute atomic E-state index is 12.1. The van der Waals surface area contributed by atoms with Crippen LogP contribution in [0.1, 0.15) is 49.9 Å². The molecule has 2 aromatic heterocycles. The molecule has 2 aromatic rings. The molecule has 1 aliphatic carbocycles. The van der Waals surface area contributed by atoms with E-state index in [0.29, 0.717) is 34.8 Å². The lowest BCUT2D eigenvalue weighted by atomic mass is 9.96. The van der Waals surface area contributed by atoms with Crippen molar-refractivity contribution in [2.45, 2.75) is 52.2 Å². The number of rotatable bonds is 7. The average molecular weight is 380 g/mol. The number of hydrogen-bond donors (Lipinski definition) is 2. The molecule has 7 nitrogen and oxygen atoms in total. The number of nitrogens with zero attached hydrogens (tertiary/aromatic N) is 2. The first-order valence-corrected chi connectivity index (χ1v) is 9.14. The SMILES string of the molecule is CC(C)CCn1nc(OC2CCC2)c(Cl)c1-c1cc(=O)c(C(=O)O)c[nH]1. The second-order valence-corrected chi connectivity index (χ2v) is 7.35. The third-order valence-corrected chi connectivity index (χ3v) is 4.85. The first-order chi connectivity index (χ1) is 12.4. The van der Waals surface area contributed by atoms with Crippen molar-refractivity contribution in [3.05, 3.63) is 33.1 Å². The molecule has 0 aromatic carbocycles. The Labute approximate surface area is 155 Å². The highest BCUT2D eigenvalue weighted by Gasteiger charge is 2.26. The number of carbonyl (C=O) groups is 1. The summed E-state index contributed by atoms with van der Waals surface area (Å²) in [4.78, 5) is 26.0. The number of pyridine rings is 1. The predicted octanol–water partition coefficient (Wildman–Crippen LogP) is 3.57. The summed E-state index contributed by atoms with van der Waals surface area (Å²) in [6.07, 6.45) is 5.28. The van der Waals surface area contributed by atoms with Crippen LogP contribution >= 0.6 is 11.6 Å². The fourth-order valence-electron chi connectivity index (χ4n) is 2.71. The minimum absolute atomic E-state index is 0.127. The lowest BCUT2D eigenvalue weighted by Crippen LogP contribution is -2.24. The summed E-state index contributed by atoms with van der Waals surface area (Å²) >= 11 is 6.51. The Morgan fingerprint density at radius 2 is 2.23 bits per heavy atom. The number of carboxylic acids is 1. The average Bonchev–Trinajstić information content (AvgIpc) is 2.84.